The van der Waals surface area contributed by atoms with E-state index in [0.29, 0.717) is 25.6 Å². The van der Waals surface area contributed by atoms with Crippen LogP contribution < -0.4 is 10.2 Å². The molecule has 0 aromatic heterocycles. The Hall–Kier alpha value is -3.30. The van der Waals surface area contributed by atoms with Crippen molar-refractivity contribution in [2.45, 2.75) is 31.8 Å². The van der Waals surface area contributed by atoms with Crippen LogP contribution in [0.2, 0.25) is 0 Å². The summed E-state index contributed by atoms with van der Waals surface area (Å²) in [4.78, 5) is 50.3. The number of anilines is 1. The zero-order chi connectivity index (χ0) is 22.9. The van der Waals surface area contributed by atoms with E-state index in [9.17, 15) is 19.2 Å². The minimum absolute atomic E-state index is 0.0857. The molecule has 0 spiro atoms. The zero-order valence-electron chi connectivity index (χ0n) is 18.2. The fourth-order valence-corrected chi connectivity index (χ4v) is 4.56. The van der Waals surface area contributed by atoms with Crippen molar-refractivity contribution in [1.82, 2.24) is 10.2 Å². The van der Waals surface area contributed by atoms with Crippen molar-refractivity contribution in [3.05, 3.63) is 29.8 Å². The largest absolute Gasteiger partial charge is 0.508 e. The number of ether oxygens (including phenoxy) is 3. The number of amides is 3. The molecule has 10 heteroatoms. The molecular weight excluding hydrogens is 418 g/mol. The molecule has 3 unspecified atom stereocenters. The van der Waals surface area contributed by atoms with Crippen LogP contribution in [0, 0.1) is 5.92 Å². The minimum atomic E-state index is -0.838. The first-order valence-electron chi connectivity index (χ1n) is 10.7. The molecule has 1 saturated carbocycles. The molecule has 1 aromatic rings. The molecule has 10 nitrogen and oxygen atoms in total. The molecule has 4 rings (SSSR count). The highest BCUT2D eigenvalue weighted by atomic mass is 16.7. The normalized spacial score (nSPS) is 25.8. The number of piperidine rings is 1. The molecule has 2 heterocycles. The second kappa shape index (κ2) is 8.68. The van der Waals surface area contributed by atoms with Crippen LogP contribution in [-0.2, 0) is 29.2 Å². The van der Waals surface area contributed by atoms with Crippen LogP contribution in [0.4, 0.5) is 15.3 Å². The van der Waals surface area contributed by atoms with E-state index in [4.69, 9.17) is 9.47 Å². The monoisotopic (exact) mass is 445 g/mol. The fraction of sp³-hybridized carbons (Fsp3) is 0.545. The average molecular weight is 445 g/mol. The number of carbonyl (C=O) groups excluding carboxylic acids is 4. The fourth-order valence-electron chi connectivity index (χ4n) is 4.56. The SMILES string of the molecule is CCOC(=O)OCC(=O)N1CC2CC2(c2ccc(N3CC(CNC(C)=O)OC3=O)cc2)C1. The lowest BCUT2D eigenvalue weighted by Gasteiger charge is -2.22. The van der Waals surface area contributed by atoms with E-state index < -0.39 is 12.2 Å². The molecule has 0 radical (unpaired) electrons. The zero-order valence-corrected chi connectivity index (χ0v) is 18.2. The highest BCUT2D eigenvalue weighted by Gasteiger charge is 2.61. The van der Waals surface area contributed by atoms with Crippen LogP contribution in [0.25, 0.3) is 0 Å². The number of cyclic esters (lactones) is 1. The van der Waals surface area contributed by atoms with Crippen molar-refractivity contribution in [2.24, 2.45) is 5.92 Å². The molecule has 32 heavy (non-hydrogen) atoms. The Morgan fingerprint density at radius 2 is 1.94 bits per heavy atom. The number of rotatable bonds is 7. The van der Waals surface area contributed by atoms with Crippen molar-refractivity contribution in [1.29, 1.82) is 0 Å². The highest BCUT2D eigenvalue weighted by Crippen LogP contribution is 2.59. The van der Waals surface area contributed by atoms with Crippen molar-refractivity contribution in [3.8, 4) is 0 Å². The molecule has 0 bridgehead atoms. The van der Waals surface area contributed by atoms with Gasteiger partial charge in [0.15, 0.2) is 6.61 Å². The lowest BCUT2D eigenvalue weighted by atomic mass is 9.94. The number of carbonyl (C=O) groups is 4. The number of nitrogens with zero attached hydrogens (tertiary/aromatic N) is 2. The van der Waals surface area contributed by atoms with Gasteiger partial charge in [-0.05, 0) is 37.0 Å². The van der Waals surface area contributed by atoms with Gasteiger partial charge >= 0.3 is 12.2 Å². The molecular formula is C22H27N3O7. The Kier molecular flexibility index (Phi) is 5.94. The van der Waals surface area contributed by atoms with Crippen LogP contribution >= 0.6 is 0 Å². The van der Waals surface area contributed by atoms with Gasteiger partial charge in [0, 0.05) is 31.1 Å². The average Bonchev–Trinajstić information content (AvgIpc) is 3.13. The quantitative estimate of drug-likeness (QED) is 0.631. The van der Waals surface area contributed by atoms with Gasteiger partial charge in [-0.25, -0.2) is 9.59 Å². The van der Waals surface area contributed by atoms with Gasteiger partial charge in [0.2, 0.25) is 5.91 Å². The Labute approximate surface area is 185 Å². The van der Waals surface area contributed by atoms with E-state index in [2.05, 4.69) is 10.1 Å². The topological polar surface area (TPSA) is 114 Å². The minimum Gasteiger partial charge on any atom is -0.442 e. The standard InChI is InChI=1S/C22H27N3O7/c1-3-30-21(29)31-12-19(27)24-10-16-8-22(16,13-24)15-4-6-17(7-5-15)25-11-18(32-20(25)28)9-23-14(2)26/h4-7,16,18H,3,8-13H2,1-2H3,(H,23,26). The molecule has 1 N–H and O–H groups in total. The molecule has 1 aromatic carbocycles. The lowest BCUT2D eigenvalue weighted by Crippen LogP contribution is -2.36. The number of fused-ring (bicyclic) bond motifs is 1. The first kappa shape index (κ1) is 21.9. The van der Waals surface area contributed by atoms with Gasteiger partial charge in [-0.2, -0.15) is 0 Å². The Bertz CT molecular complexity index is 919. The van der Waals surface area contributed by atoms with E-state index in [0.717, 1.165) is 17.7 Å². The van der Waals surface area contributed by atoms with Crippen LogP contribution in [0.5, 0.6) is 0 Å². The Morgan fingerprint density at radius 1 is 1.19 bits per heavy atom. The molecule has 3 atom stereocenters. The van der Waals surface area contributed by atoms with E-state index >= 15 is 0 Å². The van der Waals surface area contributed by atoms with E-state index in [1.54, 1.807) is 16.7 Å². The number of benzene rings is 1. The van der Waals surface area contributed by atoms with Gasteiger partial charge < -0.3 is 24.4 Å². The first-order chi connectivity index (χ1) is 15.3. The first-order valence-corrected chi connectivity index (χ1v) is 10.7. The third-order valence-electron chi connectivity index (χ3n) is 6.28. The summed E-state index contributed by atoms with van der Waals surface area (Å²) in [6.07, 6.45) is -0.659. The van der Waals surface area contributed by atoms with Gasteiger partial charge in [0.05, 0.1) is 19.7 Å². The number of hydrogen-bond acceptors (Lipinski definition) is 7. The molecule has 3 fully saturated rings. The van der Waals surface area contributed by atoms with Gasteiger partial charge in [0.1, 0.15) is 6.10 Å². The number of hydrogen-bond donors (Lipinski definition) is 1. The van der Waals surface area contributed by atoms with Crippen molar-refractivity contribution >= 4 is 29.8 Å². The third-order valence-corrected chi connectivity index (χ3v) is 6.28. The number of likely N-dealkylation sites (tertiary alicyclic amines) is 1. The molecule has 3 amide bonds. The van der Waals surface area contributed by atoms with E-state index in [1.165, 1.54) is 6.92 Å². The predicted octanol–water partition coefficient (Wildman–Crippen LogP) is 1.42. The second-order valence-corrected chi connectivity index (χ2v) is 8.40. The van der Waals surface area contributed by atoms with Gasteiger partial charge in [-0.15, -0.1) is 0 Å². The van der Waals surface area contributed by atoms with Crippen LogP contribution in [0.3, 0.4) is 0 Å². The van der Waals surface area contributed by atoms with Gasteiger partial charge in [-0.1, -0.05) is 12.1 Å². The maximum Gasteiger partial charge on any atom is 0.508 e. The second-order valence-electron chi connectivity index (χ2n) is 8.40. The molecule has 3 aliphatic rings. The molecule has 2 aliphatic heterocycles. The Morgan fingerprint density at radius 3 is 2.62 bits per heavy atom. The van der Waals surface area contributed by atoms with Crippen LogP contribution in [0.1, 0.15) is 25.8 Å². The van der Waals surface area contributed by atoms with Crippen LogP contribution in [0.15, 0.2) is 24.3 Å². The van der Waals surface area contributed by atoms with Crippen molar-refractivity contribution < 1.29 is 33.4 Å². The lowest BCUT2D eigenvalue weighted by molar-refractivity contribution is -0.134. The molecule has 172 valence electrons. The summed E-state index contributed by atoms with van der Waals surface area (Å²) in [7, 11) is 0. The van der Waals surface area contributed by atoms with Crippen molar-refractivity contribution in [2.75, 3.05) is 44.3 Å². The van der Waals surface area contributed by atoms with Crippen LogP contribution in [-0.4, -0.2) is 74.5 Å². The summed E-state index contributed by atoms with van der Waals surface area (Å²) in [6.45, 7) is 4.83. The van der Waals surface area contributed by atoms with Crippen molar-refractivity contribution in [3.63, 3.8) is 0 Å². The van der Waals surface area contributed by atoms with E-state index in [-0.39, 0.29) is 43.1 Å². The summed E-state index contributed by atoms with van der Waals surface area (Å²) >= 11 is 0. The smallest absolute Gasteiger partial charge is 0.442 e. The molecule has 1 aliphatic carbocycles. The maximum atomic E-state index is 12.4. The number of nitrogens with one attached hydrogen (secondary N) is 1. The third kappa shape index (κ3) is 4.35. The highest BCUT2D eigenvalue weighted by molar-refractivity contribution is 5.90. The Balaban J connectivity index is 1.34. The summed E-state index contributed by atoms with van der Waals surface area (Å²) in [6, 6.07) is 7.76. The molecule has 2 saturated heterocycles. The van der Waals surface area contributed by atoms with E-state index in [1.807, 2.05) is 24.3 Å². The van der Waals surface area contributed by atoms with Gasteiger partial charge in [-0.3, -0.25) is 14.5 Å². The van der Waals surface area contributed by atoms with Gasteiger partial charge in [0.25, 0.3) is 5.91 Å². The maximum absolute atomic E-state index is 12.4. The predicted molar refractivity (Wildman–Crippen MR) is 112 cm³/mol. The summed E-state index contributed by atoms with van der Waals surface area (Å²) in [5.74, 6) is -0.0245. The summed E-state index contributed by atoms with van der Waals surface area (Å²) < 4.78 is 14.8. The summed E-state index contributed by atoms with van der Waals surface area (Å²) in [5, 5.41) is 2.66. The summed E-state index contributed by atoms with van der Waals surface area (Å²) in [5.41, 5.74) is 1.76.